The van der Waals surface area contributed by atoms with Crippen LogP contribution in [0.3, 0.4) is 0 Å². The van der Waals surface area contributed by atoms with Gasteiger partial charge in [-0.1, -0.05) is 63.7 Å². The van der Waals surface area contributed by atoms with E-state index in [-0.39, 0.29) is 6.10 Å². The minimum absolute atomic E-state index is 0.0225. The summed E-state index contributed by atoms with van der Waals surface area (Å²) in [5.74, 6) is 1.52. The van der Waals surface area contributed by atoms with Gasteiger partial charge < -0.3 is 15.4 Å². The van der Waals surface area contributed by atoms with E-state index in [1.807, 2.05) is 30.5 Å². The fourth-order valence-corrected chi connectivity index (χ4v) is 4.58. The zero-order chi connectivity index (χ0) is 24.7. The number of ether oxygens (including phenoxy) is 1. The molecule has 0 radical (unpaired) electrons. The predicted octanol–water partition coefficient (Wildman–Crippen LogP) is 6.25. The number of rotatable bonds is 10. The van der Waals surface area contributed by atoms with Gasteiger partial charge in [0.25, 0.3) is 0 Å². The summed E-state index contributed by atoms with van der Waals surface area (Å²) < 4.78 is 6.16. The molecule has 6 heteroatoms. The SMILES string of the molecule is C=C(S/C(=C(/C)C(C)C)c1cnc2c(c1)NC[C@@H](CNCCc1ccc(C#N)cc1)O2)C(C)C. The van der Waals surface area contributed by atoms with Crippen LogP contribution in [0.25, 0.3) is 4.91 Å². The van der Waals surface area contributed by atoms with E-state index < -0.39 is 0 Å². The molecule has 180 valence electrons. The Balaban J connectivity index is 1.59. The summed E-state index contributed by atoms with van der Waals surface area (Å²) >= 11 is 1.76. The van der Waals surface area contributed by atoms with E-state index in [1.165, 1.54) is 16.0 Å². The standard InChI is InChI=1S/C28H36N4OS/c1-18(2)20(5)27(34-21(6)19(3)4)24-13-26-28(32-15-24)33-25(17-31-26)16-30-12-11-22-7-9-23(14-29)10-8-22/h7-10,13,15,18-19,25,30-31H,6,11-12,16-17H2,1-5H3/b27-20-/t25-/m1/s1. The molecule has 0 unspecified atom stereocenters. The van der Waals surface area contributed by atoms with E-state index in [0.29, 0.717) is 23.3 Å². The molecule has 34 heavy (non-hydrogen) atoms. The molecular weight excluding hydrogens is 440 g/mol. The summed E-state index contributed by atoms with van der Waals surface area (Å²) in [4.78, 5) is 7.05. The van der Waals surface area contributed by atoms with E-state index in [0.717, 1.165) is 42.2 Å². The van der Waals surface area contributed by atoms with E-state index in [4.69, 9.17) is 10.00 Å². The lowest BCUT2D eigenvalue weighted by Crippen LogP contribution is -2.40. The van der Waals surface area contributed by atoms with Gasteiger partial charge in [-0.2, -0.15) is 5.26 Å². The molecule has 1 atom stereocenters. The zero-order valence-corrected chi connectivity index (χ0v) is 21.8. The monoisotopic (exact) mass is 476 g/mol. The van der Waals surface area contributed by atoms with Crippen LogP contribution in [0.15, 0.2) is 53.6 Å². The van der Waals surface area contributed by atoms with Crippen molar-refractivity contribution in [3.63, 3.8) is 0 Å². The second-order valence-corrected chi connectivity index (χ2v) is 10.5. The van der Waals surface area contributed by atoms with Gasteiger partial charge in [0.05, 0.1) is 23.9 Å². The van der Waals surface area contributed by atoms with Crippen molar-refractivity contribution < 1.29 is 4.74 Å². The maximum absolute atomic E-state index is 8.91. The van der Waals surface area contributed by atoms with Crippen LogP contribution in [0.5, 0.6) is 5.88 Å². The molecule has 2 aromatic rings. The number of nitriles is 1. The Kier molecular flexibility index (Phi) is 9.20. The van der Waals surface area contributed by atoms with Gasteiger partial charge in [0.1, 0.15) is 6.10 Å². The lowest BCUT2D eigenvalue weighted by molar-refractivity contribution is 0.194. The molecule has 2 N–H and O–H groups in total. The first-order valence-electron chi connectivity index (χ1n) is 12.0. The molecule has 1 aliphatic rings. The number of fused-ring (bicyclic) bond motifs is 1. The van der Waals surface area contributed by atoms with Crippen molar-refractivity contribution in [2.24, 2.45) is 11.8 Å². The number of nitrogens with zero attached hydrogens (tertiary/aromatic N) is 2. The van der Waals surface area contributed by atoms with Gasteiger partial charge in [-0.25, -0.2) is 4.98 Å². The van der Waals surface area contributed by atoms with Gasteiger partial charge in [-0.15, -0.1) is 0 Å². The largest absolute Gasteiger partial charge is 0.470 e. The zero-order valence-electron chi connectivity index (χ0n) is 20.9. The predicted molar refractivity (Wildman–Crippen MR) is 144 cm³/mol. The van der Waals surface area contributed by atoms with Crippen LogP contribution in [-0.4, -0.2) is 30.7 Å². The lowest BCUT2D eigenvalue weighted by Gasteiger charge is -2.27. The number of thioether (sulfide) groups is 1. The third-order valence-electron chi connectivity index (χ3n) is 6.06. The van der Waals surface area contributed by atoms with Gasteiger partial charge >= 0.3 is 0 Å². The van der Waals surface area contributed by atoms with E-state index in [1.54, 1.807) is 11.8 Å². The molecule has 1 aliphatic heterocycles. The normalized spacial score (nSPS) is 15.8. The molecule has 0 aliphatic carbocycles. The number of nitrogens with one attached hydrogen (secondary N) is 2. The van der Waals surface area contributed by atoms with Crippen LogP contribution in [0.4, 0.5) is 5.69 Å². The van der Waals surface area contributed by atoms with Gasteiger partial charge in [-0.3, -0.25) is 0 Å². The summed E-state index contributed by atoms with van der Waals surface area (Å²) in [6, 6.07) is 12.0. The van der Waals surface area contributed by atoms with E-state index in [2.05, 4.69) is 69.0 Å². The molecular formula is C28H36N4OS. The highest BCUT2D eigenvalue weighted by Crippen LogP contribution is 2.41. The molecule has 0 spiro atoms. The van der Waals surface area contributed by atoms with Crippen molar-refractivity contribution in [1.29, 1.82) is 5.26 Å². The maximum atomic E-state index is 8.91. The Bertz CT molecular complexity index is 1070. The smallest absolute Gasteiger partial charge is 0.237 e. The molecule has 0 saturated heterocycles. The second-order valence-electron chi connectivity index (χ2n) is 9.35. The first kappa shape index (κ1) is 25.9. The van der Waals surface area contributed by atoms with Crippen LogP contribution in [0, 0.1) is 23.2 Å². The highest BCUT2D eigenvalue weighted by atomic mass is 32.2. The number of benzene rings is 1. The summed E-state index contributed by atoms with van der Waals surface area (Å²) in [6.45, 7) is 17.6. The Labute approximate surface area is 208 Å². The number of anilines is 1. The molecule has 1 aromatic carbocycles. The molecule has 3 rings (SSSR count). The van der Waals surface area contributed by atoms with Crippen LogP contribution in [-0.2, 0) is 6.42 Å². The first-order chi connectivity index (χ1) is 16.3. The van der Waals surface area contributed by atoms with E-state index in [9.17, 15) is 0 Å². The number of hydrogen-bond acceptors (Lipinski definition) is 6. The summed E-state index contributed by atoms with van der Waals surface area (Å²) in [6.07, 6.45) is 2.85. The summed E-state index contributed by atoms with van der Waals surface area (Å²) in [7, 11) is 0. The minimum atomic E-state index is 0.0225. The maximum Gasteiger partial charge on any atom is 0.237 e. The summed E-state index contributed by atoms with van der Waals surface area (Å²) in [5.41, 5.74) is 5.29. The number of allylic oxidation sites excluding steroid dienone is 2. The average Bonchev–Trinajstić information content (AvgIpc) is 2.84. The quantitative estimate of drug-likeness (QED) is 0.395. The Morgan fingerprint density at radius 2 is 2.00 bits per heavy atom. The average molecular weight is 477 g/mol. The van der Waals surface area contributed by atoms with Crippen LogP contribution < -0.4 is 15.4 Å². The highest BCUT2D eigenvalue weighted by Gasteiger charge is 2.22. The Hall–Kier alpha value is -2.75. The fraction of sp³-hybridized carbons (Fsp3) is 0.429. The van der Waals surface area contributed by atoms with Crippen molar-refractivity contribution in [3.8, 4) is 11.9 Å². The Morgan fingerprint density at radius 3 is 2.65 bits per heavy atom. The number of pyridine rings is 1. The molecule has 1 aromatic heterocycles. The summed E-state index contributed by atoms with van der Waals surface area (Å²) in [5, 5.41) is 15.9. The van der Waals surface area contributed by atoms with Crippen molar-refractivity contribution in [2.45, 2.75) is 47.1 Å². The molecule has 0 bridgehead atoms. The second kappa shape index (κ2) is 12.1. The van der Waals surface area contributed by atoms with Crippen molar-refractivity contribution >= 4 is 22.4 Å². The Morgan fingerprint density at radius 1 is 1.26 bits per heavy atom. The lowest BCUT2D eigenvalue weighted by atomic mass is 10.0. The van der Waals surface area contributed by atoms with Gasteiger partial charge in [-0.05, 0) is 60.4 Å². The van der Waals surface area contributed by atoms with Gasteiger partial charge in [0.15, 0.2) is 0 Å². The molecule has 5 nitrogen and oxygen atoms in total. The number of aromatic nitrogens is 1. The first-order valence-corrected chi connectivity index (χ1v) is 12.8. The van der Waals surface area contributed by atoms with Crippen LogP contribution in [0.1, 0.15) is 51.3 Å². The third kappa shape index (κ3) is 6.88. The minimum Gasteiger partial charge on any atom is -0.470 e. The molecule has 2 heterocycles. The molecule has 0 amide bonds. The van der Waals surface area contributed by atoms with E-state index >= 15 is 0 Å². The molecule has 0 saturated carbocycles. The van der Waals surface area contributed by atoms with Crippen LogP contribution >= 0.6 is 11.8 Å². The van der Waals surface area contributed by atoms with Crippen molar-refractivity contribution in [2.75, 3.05) is 25.0 Å². The van der Waals surface area contributed by atoms with Crippen LogP contribution in [0.2, 0.25) is 0 Å². The third-order valence-corrected chi connectivity index (χ3v) is 7.55. The topological polar surface area (TPSA) is 70.0 Å². The number of hydrogen-bond donors (Lipinski definition) is 2. The van der Waals surface area contributed by atoms with Crippen molar-refractivity contribution in [3.05, 3.63) is 70.3 Å². The van der Waals surface area contributed by atoms with Crippen molar-refractivity contribution in [1.82, 2.24) is 10.3 Å². The van der Waals surface area contributed by atoms with Gasteiger partial charge in [0.2, 0.25) is 5.88 Å². The van der Waals surface area contributed by atoms with Gasteiger partial charge in [0, 0.05) is 23.2 Å². The fourth-order valence-electron chi connectivity index (χ4n) is 3.45. The highest BCUT2D eigenvalue weighted by molar-refractivity contribution is 8.11. The molecule has 0 fully saturated rings.